The summed E-state index contributed by atoms with van der Waals surface area (Å²) < 4.78 is 1.98. The number of amides is 1. The Morgan fingerprint density at radius 2 is 1.63 bits per heavy atom. The number of likely N-dealkylation sites (tertiary alicyclic amines) is 1. The fraction of sp³-hybridized carbons (Fsp3) is 0.360. The average molecular weight is 403 g/mol. The number of carbonyl (C=O) groups is 1. The van der Waals surface area contributed by atoms with Gasteiger partial charge in [-0.15, -0.1) is 0 Å². The van der Waals surface area contributed by atoms with E-state index in [1.165, 1.54) is 16.8 Å². The van der Waals surface area contributed by atoms with Crippen LogP contribution < -0.4 is 5.32 Å². The zero-order valence-electron chi connectivity index (χ0n) is 18.1. The first-order valence-electron chi connectivity index (χ1n) is 10.6. The van der Waals surface area contributed by atoms with Gasteiger partial charge in [-0.25, -0.2) is 0 Å². The van der Waals surface area contributed by atoms with Crippen molar-refractivity contribution in [2.75, 3.05) is 13.1 Å². The third kappa shape index (κ3) is 4.03. The quantitative estimate of drug-likeness (QED) is 0.701. The topological polar surface area (TPSA) is 50.2 Å². The monoisotopic (exact) mass is 402 g/mol. The maximum absolute atomic E-state index is 12.0. The third-order valence-electron chi connectivity index (χ3n) is 6.34. The molecule has 1 aromatic heterocycles. The van der Waals surface area contributed by atoms with E-state index >= 15 is 0 Å². The van der Waals surface area contributed by atoms with Gasteiger partial charge in [-0.1, -0.05) is 60.7 Å². The zero-order chi connectivity index (χ0) is 21.1. The van der Waals surface area contributed by atoms with Crippen LogP contribution in [0.15, 0.2) is 60.7 Å². The molecule has 0 saturated carbocycles. The number of nitrogens with zero attached hydrogens (tertiary/aromatic N) is 3. The van der Waals surface area contributed by atoms with Crippen LogP contribution in [0.1, 0.15) is 36.6 Å². The highest BCUT2D eigenvalue weighted by atomic mass is 16.1. The van der Waals surface area contributed by atoms with Gasteiger partial charge < -0.3 is 5.32 Å². The summed E-state index contributed by atoms with van der Waals surface area (Å²) in [5, 5.41) is 8.06. The summed E-state index contributed by atoms with van der Waals surface area (Å²) in [7, 11) is 2.01. The molecule has 2 heterocycles. The molecule has 0 unspecified atom stereocenters. The number of aryl methyl sites for hydroxylation is 1. The van der Waals surface area contributed by atoms with Crippen LogP contribution in [0.3, 0.4) is 0 Å². The van der Waals surface area contributed by atoms with Gasteiger partial charge in [0, 0.05) is 50.4 Å². The number of hydrogen-bond acceptors (Lipinski definition) is 3. The SMILES string of the molecule is CC(=O)NC1(c2ccccc2)CCN(Cc2c(-c3ccccc3)nn(C)c2C)CC1. The highest BCUT2D eigenvalue weighted by Gasteiger charge is 2.37. The van der Waals surface area contributed by atoms with Crippen molar-refractivity contribution < 1.29 is 4.79 Å². The van der Waals surface area contributed by atoms with Crippen LogP contribution >= 0.6 is 0 Å². The van der Waals surface area contributed by atoms with Crippen LogP contribution in [0.5, 0.6) is 0 Å². The van der Waals surface area contributed by atoms with Crippen LogP contribution in [0.4, 0.5) is 0 Å². The molecule has 1 fully saturated rings. The second-order valence-corrected chi connectivity index (χ2v) is 8.31. The molecular formula is C25H30N4O. The van der Waals surface area contributed by atoms with Crippen molar-refractivity contribution in [3.63, 3.8) is 0 Å². The molecule has 1 saturated heterocycles. The molecule has 30 heavy (non-hydrogen) atoms. The molecule has 1 aliphatic heterocycles. The fourth-order valence-electron chi connectivity index (χ4n) is 4.57. The fourth-order valence-corrected chi connectivity index (χ4v) is 4.57. The smallest absolute Gasteiger partial charge is 0.217 e. The van der Waals surface area contributed by atoms with Gasteiger partial charge >= 0.3 is 0 Å². The first-order valence-corrected chi connectivity index (χ1v) is 10.6. The number of aromatic nitrogens is 2. The van der Waals surface area contributed by atoms with Crippen molar-refractivity contribution in [3.8, 4) is 11.3 Å². The summed E-state index contributed by atoms with van der Waals surface area (Å²) in [6, 6.07) is 20.8. The van der Waals surface area contributed by atoms with Crippen molar-refractivity contribution in [3.05, 3.63) is 77.5 Å². The Kier molecular flexibility index (Phi) is 5.73. The van der Waals surface area contributed by atoms with Gasteiger partial charge in [0.25, 0.3) is 0 Å². The van der Waals surface area contributed by atoms with Crippen molar-refractivity contribution in [1.82, 2.24) is 20.0 Å². The number of nitrogens with one attached hydrogen (secondary N) is 1. The normalized spacial score (nSPS) is 16.4. The van der Waals surface area contributed by atoms with E-state index in [0.717, 1.165) is 43.7 Å². The minimum absolute atomic E-state index is 0.0294. The molecule has 156 valence electrons. The van der Waals surface area contributed by atoms with Gasteiger partial charge in [-0.05, 0) is 25.3 Å². The van der Waals surface area contributed by atoms with Gasteiger partial charge in [-0.3, -0.25) is 14.4 Å². The Bertz CT molecular complexity index is 1000. The Morgan fingerprint density at radius 3 is 2.23 bits per heavy atom. The zero-order valence-corrected chi connectivity index (χ0v) is 18.1. The lowest BCUT2D eigenvalue weighted by Crippen LogP contribution is -2.52. The number of benzene rings is 2. The minimum Gasteiger partial charge on any atom is -0.347 e. The number of rotatable bonds is 5. The highest BCUT2D eigenvalue weighted by molar-refractivity contribution is 5.74. The molecule has 1 aliphatic rings. The van der Waals surface area contributed by atoms with E-state index in [-0.39, 0.29) is 11.4 Å². The summed E-state index contributed by atoms with van der Waals surface area (Å²) in [6.45, 7) is 6.48. The van der Waals surface area contributed by atoms with Crippen LogP contribution in [0, 0.1) is 6.92 Å². The largest absolute Gasteiger partial charge is 0.347 e. The predicted molar refractivity (Wildman–Crippen MR) is 120 cm³/mol. The Labute approximate surface area is 178 Å². The molecule has 5 nitrogen and oxygen atoms in total. The van der Waals surface area contributed by atoms with Gasteiger partial charge in [-0.2, -0.15) is 5.10 Å². The summed E-state index contributed by atoms with van der Waals surface area (Å²) in [5.41, 5.74) is 5.63. The van der Waals surface area contributed by atoms with Crippen LogP contribution in [-0.4, -0.2) is 33.7 Å². The van der Waals surface area contributed by atoms with Crippen LogP contribution in [0.25, 0.3) is 11.3 Å². The van der Waals surface area contributed by atoms with Crippen molar-refractivity contribution in [2.45, 2.75) is 38.8 Å². The van der Waals surface area contributed by atoms with E-state index < -0.39 is 0 Å². The summed E-state index contributed by atoms with van der Waals surface area (Å²) in [4.78, 5) is 14.5. The lowest BCUT2D eigenvalue weighted by atomic mass is 9.80. The molecule has 2 aromatic carbocycles. The van der Waals surface area contributed by atoms with Crippen LogP contribution in [0.2, 0.25) is 0 Å². The molecule has 1 amide bonds. The number of piperidine rings is 1. The van der Waals surface area contributed by atoms with E-state index in [1.54, 1.807) is 6.92 Å². The summed E-state index contributed by atoms with van der Waals surface area (Å²) in [5.74, 6) is 0.0294. The first kappa shape index (κ1) is 20.4. The van der Waals surface area contributed by atoms with E-state index in [1.807, 2.05) is 23.9 Å². The standard InChI is InChI=1S/C25H30N4O/c1-19-23(24(27-28(19)3)21-10-6-4-7-11-21)18-29-16-14-25(15-17-29,26-20(2)30)22-12-8-5-9-13-22/h4-13H,14-18H2,1-3H3,(H,26,30). The lowest BCUT2D eigenvalue weighted by molar-refractivity contribution is -0.121. The second-order valence-electron chi connectivity index (χ2n) is 8.31. The molecule has 3 aromatic rings. The van der Waals surface area contributed by atoms with E-state index in [2.05, 4.69) is 65.7 Å². The molecule has 0 bridgehead atoms. The number of carbonyl (C=O) groups excluding carboxylic acids is 1. The molecule has 0 radical (unpaired) electrons. The van der Waals surface area contributed by atoms with E-state index in [4.69, 9.17) is 5.10 Å². The maximum atomic E-state index is 12.0. The molecule has 0 spiro atoms. The molecule has 4 rings (SSSR count). The molecule has 0 aliphatic carbocycles. The van der Waals surface area contributed by atoms with Crippen LogP contribution in [-0.2, 0) is 23.9 Å². The molecular weight excluding hydrogens is 372 g/mol. The lowest BCUT2D eigenvalue weighted by Gasteiger charge is -2.42. The molecule has 0 atom stereocenters. The second kappa shape index (κ2) is 8.44. The van der Waals surface area contributed by atoms with Crippen molar-refractivity contribution in [1.29, 1.82) is 0 Å². The Morgan fingerprint density at radius 1 is 1.03 bits per heavy atom. The van der Waals surface area contributed by atoms with E-state index in [0.29, 0.717) is 0 Å². The first-order chi connectivity index (χ1) is 14.5. The summed E-state index contributed by atoms with van der Waals surface area (Å²) >= 11 is 0. The van der Waals surface area contributed by atoms with Crippen molar-refractivity contribution >= 4 is 5.91 Å². The Balaban J connectivity index is 1.55. The van der Waals surface area contributed by atoms with Gasteiger partial charge in [0.05, 0.1) is 11.2 Å². The minimum atomic E-state index is -0.282. The summed E-state index contributed by atoms with van der Waals surface area (Å²) in [6.07, 6.45) is 1.80. The molecule has 5 heteroatoms. The number of hydrogen-bond donors (Lipinski definition) is 1. The van der Waals surface area contributed by atoms with Crippen molar-refractivity contribution in [2.24, 2.45) is 7.05 Å². The van der Waals surface area contributed by atoms with Gasteiger partial charge in [0.15, 0.2) is 0 Å². The van der Waals surface area contributed by atoms with Gasteiger partial charge in [0.1, 0.15) is 0 Å². The highest BCUT2D eigenvalue weighted by Crippen LogP contribution is 2.34. The van der Waals surface area contributed by atoms with Gasteiger partial charge in [0.2, 0.25) is 5.91 Å². The Hall–Kier alpha value is -2.92. The average Bonchev–Trinajstić information content (AvgIpc) is 3.04. The van der Waals surface area contributed by atoms with E-state index in [9.17, 15) is 4.79 Å². The third-order valence-corrected chi connectivity index (χ3v) is 6.34. The maximum Gasteiger partial charge on any atom is 0.217 e. The molecule has 1 N–H and O–H groups in total. The predicted octanol–water partition coefficient (Wildman–Crippen LogP) is 4.02.